The number of ether oxygens (including phenoxy) is 1. The molecule has 0 atom stereocenters. The van der Waals surface area contributed by atoms with Gasteiger partial charge in [0.1, 0.15) is 22.9 Å². The highest BCUT2D eigenvalue weighted by molar-refractivity contribution is 8.01. The number of thioether (sulfide) groups is 1. The first-order chi connectivity index (χ1) is 17.4. The van der Waals surface area contributed by atoms with E-state index < -0.39 is 0 Å². The Labute approximate surface area is 223 Å². The molecule has 3 aromatic heterocycles. The summed E-state index contributed by atoms with van der Waals surface area (Å²) in [5, 5.41) is 12.7. The number of nitrogens with zero attached hydrogens (tertiary/aromatic N) is 4. The number of aryl methyl sites for hydroxylation is 1. The number of esters is 1. The number of thiophene rings is 1. The molecule has 0 spiro atoms. The highest BCUT2D eigenvalue weighted by Crippen LogP contribution is 2.35. The number of rotatable bonds is 10. The van der Waals surface area contributed by atoms with E-state index in [0.717, 1.165) is 9.10 Å². The first-order valence-electron chi connectivity index (χ1n) is 10.6. The molecule has 0 radical (unpaired) electrons. The smallest absolute Gasteiger partial charge is 0.316 e. The minimum Gasteiger partial charge on any atom is -0.465 e. The van der Waals surface area contributed by atoms with Gasteiger partial charge in [-0.05, 0) is 67.2 Å². The summed E-state index contributed by atoms with van der Waals surface area (Å²) >= 11 is 5.31. The zero-order chi connectivity index (χ0) is 25.5. The van der Waals surface area contributed by atoms with Crippen molar-refractivity contribution in [2.75, 3.05) is 17.7 Å². The van der Waals surface area contributed by atoms with E-state index >= 15 is 0 Å². The number of aromatic nitrogens is 4. The van der Waals surface area contributed by atoms with Gasteiger partial charge >= 0.3 is 5.97 Å². The molecule has 0 aliphatic carbocycles. The number of anilines is 1. The Kier molecular flexibility index (Phi) is 9.02. The molecular weight excluding hydrogens is 542 g/mol. The fraction of sp³-hybridized carbons (Fsp3) is 0.174. The number of nitrogens with one attached hydrogen (secondary N) is 1. The van der Waals surface area contributed by atoms with Crippen LogP contribution < -0.4 is 5.32 Å². The number of hydrogen-bond donors (Lipinski definition) is 1. The van der Waals surface area contributed by atoms with Crippen molar-refractivity contribution in [3.05, 3.63) is 66.4 Å². The van der Waals surface area contributed by atoms with Gasteiger partial charge < -0.3 is 14.6 Å². The lowest BCUT2D eigenvalue weighted by Gasteiger charge is -2.10. The number of carbonyl (C=O) groups is 2. The van der Waals surface area contributed by atoms with Gasteiger partial charge in [0, 0.05) is 16.8 Å². The maximum Gasteiger partial charge on any atom is 0.316 e. The normalized spacial score (nSPS) is 10.9. The molecule has 13 heteroatoms. The summed E-state index contributed by atoms with van der Waals surface area (Å²) in [5.41, 5.74) is 0.227. The monoisotopic (exact) mass is 561 g/mol. The van der Waals surface area contributed by atoms with Crippen LogP contribution in [0, 0.1) is 5.82 Å². The average Bonchev–Trinajstić information content (AvgIpc) is 3.48. The third kappa shape index (κ3) is 7.09. The van der Waals surface area contributed by atoms with Crippen LogP contribution in [-0.2, 0) is 16.6 Å². The van der Waals surface area contributed by atoms with E-state index in [1.54, 1.807) is 42.1 Å². The number of benzene rings is 1. The highest BCUT2D eigenvalue weighted by Gasteiger charge is 2.18. The van der Waals surface area contributed by atoms with Crippen molar-refractivity contribution < 1.29 is 18.7 Å². The Morgan fingerprint density at radius 1 is 1.11 bits per heavy atom. The van der Waals surface area contributed by atoms with E-state index in [0.29, 0.717) is 26.7 Å². The molecular formula is C23H20FN5O3S4. The van der Waals surface area contributed by atoms with E-state index in [9.17, 15) is 14.0 Å². The fourth-order valence-electron chi connectivity index (χ4n) is 2.79. The van der Waals surface area contributed by atoms with E-state index in [2.05, 4.69) is 20.5 Å². The van der Waals surface area contributed by atoms with Crippen molar-refractivity contribution in [1.29, 1.82) is 0 Å². The quantitative estimate of drug-likeness (QED) is 0.195. The number of halogens is 1. The Balaban J connectivity index is 1.54. The molecule has 1 amide bonds. The van der Waals surface area contributed by atoms with Crippen LogP contribution in [-0.4, -0.2) is 44.0 Å². The molecule has 1 aromatic carbocycles. The zero-order valence-corrected chi connectivity index (χ0v) is 22.4. The molecule has 36 heavy (non-hydrogen) atoms. The first-order valence-corrected chi connectivity index (χ1v) is 14.0. The molecule has 0 unspecified atom stereocenters. The number of pyridine rings is 1. The third-order valence-electron chi connectivity index (χ3n) is 4.41. The second kappa shape index (κ2) is 12.4. The molecule has 0 fully saturated rings. The number of amides is 1. The predicted molar refractivity (Wildman–Crippen MR) is 140 cm³/mol. The zero-order valence-electron chi connectivity index (χ0n) is 19.1. The topological polar surface area (TPSA) is 99.0 Å². The summed E-state index contributed by atoms with van der Waals surface area (Å²) < 4.78 is 20.9. The molecule has 0 saturated heterocycles. The van der Waals surface area contributed by atoms with Crippen LogP contribution >= 0.6 is 46.6 Å². The van der Waals surface area contributed by atoms with Crippen molar-refractivity contribution in [3.8, 4) is 0 Å². The molecule has 0 bridgehead atoms. The molecule has 186 valence electrons. The van der Waals surface area contributed by atoms with E-state index in [1.165, 1.54) is 58.8 Å². The first kappa shape index (κ1) is 26.2. The maximum atomic E-state index is 13.4. The highest BCUT2D eigenvalue weighted by atomic mass is 32.2. The van der Waals surface area contributed by atoms with Gasteiger partial charge in [-0.2, -0.15) is 0 Å². The Morgan fingerprint density at radius 2 is 1.92 bits per heavy atom. The van der Waals surface area contributed by atoms with Crippen molar-refractivity contribution in [1.82, 2.24) is 19.7 Å². The van der Waals surface area contributed by atoms with Gasteiger partial charge in [0.2, 0.25) is 0 Å². The predicted octanol–water partition coefficient (Wildman–Crippen LogP) is 5.62. The summed E-state index contributed by atoms with van der Waals surface area (Å²) in [6, 6.07) is 13.3. The van der Waals surface area contributed by atoms with Gasteiger partial charge in [-0.25, -0.2) is 9.37 Å². The fourth-order valence-corrected chi connectivity index (χ4v) is 6.25. The second-order valence-electron chi connectivity index (χ2n) is 7.05. The van der Waals surface area contributed by atoms with E-state index in [-0.39, 0.29) is 29.1 Å². The van der Waals surface area contributed by atoms with Gasteiger partial charge in [-0.3, -0.25) is 9.59 Å². The van der Waals surface area contributed by atoms with Gasteiger partial charge in [0.05, 0.1) is 21.6 Å². The van der Waals surface area contributed by atoms with Crippen LogP contribution in [0.4, 0.5) is 9.39 Å². The average molecular weight is 562 g/mol. The molecule has 0 aliphatic rings. The third-order valence-corrected chi connectivity index (χ3v) is 8.66. The van der Waals surface area contributed by atoms with Gasteiger partial charge in [0.15, 0.2) is 5.16 Å². The molecule has 3 heterocycles. The standard InChI is InChI=1S/C23H20FN5O3S4/c1-3-32-19(30)12-33-20-11-10-18(35-20)27-22(31)21-16(34-15-6-4-14(24)5-7-15)8-9-17(26-21)36-23-28-25-13-29(23)2/h4-11,13H,3,12H2,1-2H3,(H,27,31). The van der Waals surface area contributed by atoms with Gasteiger partial charge in [-0.15, -0.1) is 33.3 Å². The molecule has 0 saturated carbocycles. The van der Waals surface area contributed by atoms with Crippen LogP contribution in [0.1, 0.15) is 17.4 Å². The Bertz CT molecular complexity index is 1360. The van der Waals surface area contributed by atoms with Crippen LogP contribution in [0.2, 0.25) is 0 Å². The van der Waals surface area contributed by atoms with Gasteiger partial charge in [0.25, 0.3) is 5.91 Å². The number of hydrogen-bond acceptors (Lipinski definition) is 10. The molecule has 0 aliphatic heterocycles. The summed E-state index contributed by atoms with van der Waals surface area (Å²) in [4.78, 5) is 30.9. The van der Waals surface area contributed by atoms with E-state index in [4.69, 9.17) is 4.74 Å². The van der Waals surface area contributed by atoms with Crippen molar-refractivity contribution >= 4 is 63.5 Å². The molecule has 4 rings (SSSR count). The van der Waals surface area contributed by atoms with Crippen LogP contribution in [0.5, 0.6) is 0 Å². The maximum absolute atomic E-state index is 13.4. The summed E-state index contributed by atoms with van der Waals surface area (Å²) in [6.07, 6.45) is 1.59. The molecule has 8 nitrogen and oxygen atoms in total. The van der Waals surface area contributed by atoms with Crippen molar-refractivity contribution in [2.24, 2.45) is 7.05 Å². The number of carbonyl (C=O) groups excluding carboxylic acids is 2. The SMILES string of the molecule is CCOC(=O)CSc1ccc(NC(=O)c2nc(Sc3nncn3C)ccc2Sc2ccc(F)cc2)s1. The lowest BCUT2D eigenvalue weighted by molar-refractivity contribution is -0.139. The summed E-state index contributed by atoms with van der Waals surface area (Å²) in [6.45, 7) is 2.10. The minimum atomic E-state index is -0.385. The molecule has 1 N–H and O–H groups in total. The second-order valence-corrected chi connectivity index (χ2v) is 11.5. The summed E-state index contributed by atoms with van der Waals surface area (Å²) in [7, 11) is 1.82. The van der Waals surface area contributed by atoms with Gasteiger partial charge in [-0.1, -0.05) is 11.8 Å². The lowest BCUT2D eigenvalue weighted by Crippen LogP contribution is -2.14. The Morgan fingerprint density at radius 3 is 2.64 bits per heavy atom. The van der Waals surface area contributed by atoms with E-state index in [1.807, 2.05) is 19.2 Å². The van der Waals surface area contributed by atoms with Crippen molar-refractivity contribution in [2.45, 2.75) is 31.1 Å². The van der Waals surface area contributed by atoms with Crippen LogP contribution in [0.3, 0.4) is 0 Å². The summed E-state index contributed by atoms with van der Waals surface area (Å²) in [5.74, 6) is -0.808. The Hall–Kier alpha value is -2.87. The van der Waals surface area contributed by atoms with Crippen molar-refractivity contribution in [3.63, 3.8) is 0 Å². The molecule has 4 aromatic rings. The van der Waals surface area contributed by atoms with Crippen LogP contribution in [0.15, 0.2) is 79.0 Å². The minimum absolute atomic E-state index is 0.197. The largest absolute Gasteiger partial charge is 0.465 e. The lowest BCUT2D eigenvalue weighted by atomic mass is 10.3. The van der Waals surface area contributed by atoms with Crippen LogP contribution in [0.25, 0.3) is 0 Å².